The fourth-order valence-electron chi connectivity index (χ4n) is 1.31. The molecule has 2 rings (SSSR count). The van der Waals surface area contributed by atoms with E-state index in [0.717, 1.165) is 18.0 Å². The zero-order valence-electron chi connectivity index (χ0n) is 9.64. The third kappa shape index (κ3) is 2.71. The Kier molecular flexibility index (Phi) is 3.47. The van der Waals surface area contributed by atoms with Gasteiger partial charge in [-0.05, 0) is 0 Å². The summed E-state index contributed by atoms with van der Waals surface area (Å²) in [6, 6.07) is 0. The molecule has 1 aromatic rings. The van der Waals surface area contributed by atoms with Crippen LogP contribution in [0, 0.1) is 0 Å². The average Bonchev–Trinajstić information content (AvgIpc) is 2.64. The molecule has 0 aliphatic carbocycles. The van der Waals surface area contributed by atoms with Gasteiger partial charge < -0.3 is 10.2 Å². The van der Waals surface area contributed by atoms with Gasteiger partial charge in [0.05, 0.1) is 16.7 Å². The first kappa shape index (κ1) is 13.0. The normalized spacial score (nSPS) is 15.1. The maximum absolute atomic E-state index is 11.2. The zero-order valence-corrected chi connectivity index (χ0v) is 10.5. The van der Waals surface area contributed by atoms with E-state index >= 15 is 0 Å². The number of hydrogen-bond donors (Lipinski definition) is 2. The van der Waals surface area contributed by atoms with Gasteiger partial charge in [-0.15, -0.1) is 5.10 Å². The van der Waals surface area contributed by atoms with E-state index in [1.165, 1.54) is 10.1 Å². The van der Waals surface area contributed by atoms with Crippen LogP contribution in [0.4, 0.5) is 0 Å². The minimum absolute atomic E-state index is 0.127. The lowest BCUT2D eigenvalue weighted by Gasteiger charge is -2.01. The molecule has 9 heteroatoms. The highest BCUT2D eigenvalue weighted by atomic mass is 32.2. The summed E-state index contributed by atoms with van der Waals surface area (Å²) >= 11 is 0.938. The summed E-state index contributed by atoms with van der Waals surface area (Å²) in [5.74, 6) is -2.44. The number of nitrogens with zero attached hydrogens (tertiary/aromatic N) is 4. The molecule has 1 aliphatic heterocycles. The van der Waals surface area contributed by atoms with Gasteiger partial charge in [0.2, 0.25) is 0 Å². The lowest BCUT2D eigenvalue weighted by Crippen LogP contribution is -2.04. The monoisotopic (exact) mass is 280 g/mol. The van der Waals surface area contributed by atoms with E-state index in [1.807, 2.05) is 0 Å². The van der Waals surface area contributed by atoms with Crippen molar-refractivity contribution in [3.05, 3.63) is 28.6 Å². The van der Waals surface area contributed by atoms with Crippen LogP contribution in [0.1, 0.15) is 5.69 Å². The number of thioether (sulfide) groups is 1. The molecular weight excluding hydrogens is 272 g/mol. The molecule has 98 valence electrons. The van der Waals surface area contributed by atoms with Crippen LogP contribution in [0.2, 0.25) is 0 Å². The number of carbonyl (C=O) groups is 2. The van der Waals surface area contributed by atoms with Crippen molar-refractivity contribution in [3.8, 4) is 0 Å². The molecule has 0 fully saturated rings. The SMILES string of the molecule is Cn1cc(C2=C(C(=O)O)C=NC(C(=O)O)=CS2)nn1. The number of aromatic nitrogens is 3. The van der Waals surface area contributed by atoms with Gasteiger partial charge in [-0.25, -0.2) is 14.6 Å². The lowest BCUT2D eigenvalue weighted by molar-refractivity contribution is -0.133. The van der Waals surface area contributed by atoms with E-state index in [9.17, 15) is 9.59 Å². The number of hydrogen-bond acceptors (Lipinski definition) is 6. The van der Waals surface area contributed by atoms with Crippen LogP contribution in [0.5, 0.6) is 0 Å². The predicted molar refractivity (Wildman–Crippen MR) is 67.4 cm³/mol. The highest BCUT2D eigenvalue weighted by molar-refractivity contribution is 8.11. The van der Waals surface area contributed by atoms with Gasteiger partial charge in [-0.3, -0.25) is 4.68 Å². The summed E-state index contributed by atoms with van der Waals surface area (Å²) < 4.78 is 1.42. The number of aryl methyl sites for hydroxylation is 1. The van der Waals surface area contributed by atoms with Crippen LogP contribution in [0.25, 0.3) is 4.91 Å². The highest BCUT2D eigenvalue weighted by Crippen LogP contribution is 2.32. The van der Waals surface area contributed by atoms with Gasteiger partial charge in [-0.1, -0.05) is 17.0 Å². The first-order chi connectivity index (χ1) is 8.99. The number of aliphatic imine (C=N–C) groups is 1. The number of rotatable bonds is 3. The van der Waals surface area contributed by atoms with E-state index in [4.69, 9.17) is 10.2 Å². The maximum atomic E-state index is 11.2. The van der Waals surface area contributed by atoms with Gasteiger partial charge >= 0.3 is 11.9 Å². The second-order valence-corrected chi connectivity index (χ2v) is 4.39. The number of carboxylic acid groups (broad SMARTS) is 2. The Labute approximate surface area is 111 Å². The van der Waals surface area contributed by atoms with Crippen LogP contribution in [0.3, 0.4) is 0 Å². The standard InChI is InChI=1S/C10H8N4O4S/c1-14-3-6(12-13-14)8-5(9(15)16)2-11-7(4-19-8)10(17)18/h2-4H,1H3,(H,15,16)(H,17,18). The summed E-state index contributed by atoms with van der Waals surface area (Å²) in [5, 5.41) is 26.8. The van der Waals surface area contributed by atoms with Crippen LogP contribution < -0.4 is 0 Å². The average molecular weight is 280 g/mol. The number of carboxylic acids is 2. The van der Waals surface area contributed by atoms with Crippen LogP contribution >= 0.6 is 11.8 Å². The molecule has 0 amide bonds. The molecule has 1 aromatic heterocycles. The van der Waals surface area contributed by atoms with Crippen LogP contribution in [0.15, 0.2) is 27.9 Å². The van der Waals surface area contributed by atoms with Gasteiger partial charge in [0.15, 0.2) is 5.70 Å². The summed E-state index contributed by atoms with van der Waals surface area (Å²) in [6.07, 6.45) is 2.55. The molecule has 8 nitrogen and oxygen atoms in total. The second kappa shape index (κ2) is 5.06. The zero-order chi connectivity index (χ0) is 14.0. The van der Waals surface area contributed by atoms with E-state index in [1.54, 1.807) is 13.2 Å². The molecule has 0 atom stereocenters. The van der Waals surface area contributed by atoms with Gasteiger partial charge in [-0.2, -0.15) is 0 Å². The molecule has 0 spiro atoms. The van der Waals surface area contributed by atoms with Crippen molar-refractivity contribution < 1.29 is 19.8 Å². The van der Waals surface area contributed by atoms with Gasteiger partial charge in [0.1, 0.15) is 5.69 Å². The van der Waals surface area contributed by atoms with E-state index < -0.39 is 11.9 Å². The fourth-order valence-corrected chi connectivity index (χ4v) is 2.18. The Morgan fingerprint density at radius 1 is 1.32 bits per heavy atom. The predicted octanol–water partition coefficient (Wildman–Crippen LogP) is 0.354. The molecule has 2 N–H and O–H groups in total. The quantitative estimate of drug-likeness (QED) is 0.820. The fraction of sp³-hybridized carbons (Fsp3) is 0.100. The van der Waals surface area contributed by atoms with Gasteiger partial charge in [0, 0.05) is 18.7 Å². The molecular formula is C10H8N4O4S. The largest absolute Gasteiger partial charge is 0.478 e. The number of aliphatic carboxylic acids is 2. The molecule has 0 bridgehead atoms. The maximum Gasteiger partial charge on any atom is 0.355 e. The summed E-state index contributed by atoms with van der Waals surface area (Å²) in [6.45, 7) is 0. The van der Waals surface area contributed by atoms with Crippen molar-refractivity contribution in [2.24, 2.45) is 12.0 Å². The molecule has 0 unspecified atom stereocenters. The smallest absolute Gasteiger partial charge is 0.355 e. The first-order valence-corrected chi connectivity index (χ1v) is 5.85. The van der Waals surface area contributed by atoms with E-state index in [0.29, 0.717) is 10.6 Å². The minimum atomic E-state index is -1.23. The van der Waals surface area contributed by atoms with Crippen molar-refractivity contribution in [1.82, 2.24) is 15.0 Å². The Bertz CT molecular complexity index is 644. The molecule has 19 heavy (non-hydrogen) atoms. The first-order valence-electron chi connectivity index (χ1n) is 4.97. The van der Waals surface area contributed by atoms with Crippen molar-refractivity contribution in [3.63, 3.8) is 0 Å². The Morgan fingerprint density at radius 3 is 2.58 bits per heavy atom. The highest BCUT2D eigenvalue weighted by Gasteiger charge is 2.21. The second-order valence-electron chi connectivity index (χ2n) is 3.51. The molecule has 2 heterocycles. The molecule has 0 saturated heterocycles. The molecule has 0 aromatic carbocycles. The summed E-state index contributed by atoms with van der Waals surface area (Å²) in [5.41, 5.74) is -0.0140. The Hall–Kier alpha value is -2.42. The van der Waals surface area contributed by atoms with Crippen molar-refractivity contribution in [2.75, 3.05) is 0 Å². The Balaban J connectivity index is 2.50. The van der Waals surface area contributed by atoms with Crippen molar-refractivity contribution >= 4 is 34.8 Å². The summed E-state index contributed by atoms with van der Waals surface area (Å²) in [7, 11) is 1.64. The lowest BCUT2D eigenvalue weighted by atomic mass is 10.2. The topological polar surface area (TPSA) is 118 Å². The van der Waals surface area contributed by atoms with Crippen molar-refractivity contribution in [1.29, 1.82) is 0 Å². The molecule has 1 aliphatic rings. The van der Waals surface area contributed by atoms with Gasteiger partial charge in [0.25, 0.3) is 0 Å². The van der Waals surface area contributed by atoms with E-state index in [-0.39, 0.29) is 11.3 Å². The molecule has 0 radical (unpaired) electrons. The van der Waals surface area contributed by atoms with Crippen molar-refractivity contribution in [2.45, 2.75) is 0 Å². The minimum Gasteiger partial charge on any atom is -0.478 e. The van der Waals surface area contributed by atoms with Crippen LogP contribution in [-0.2, 0) is 16.6 Å². The summed E-state index contributed by atoms with van der Waals surface area (Å²) in [4.78, 5) is 25.9. The third-order valence-electron chi connectivity index (χ3n) is 2.15. The van der Waals surface area contributed by atoms with Crippen LogP contribution in [-0.4, -0.2) is 43.4 Å². The molecule has 0 saturated carbocycles. The third-order valence-corrected chi connectivity index (χ3v) is 3.16. The Morgan fingerprint density at radius 2 is 2.05 bits per heavy atom. The van der Waals surface area contributed by atoms with E-state index in [2.05, 4.69) is 15.3 Å².